The number of nitrogens with two attached hydrogens (primary N) is 1. The van der Waals surface area contributed by atoms with Crippen LogP contribution in [0.2, 0.25) is 0 Å². The summed E-state index contributed by atoms with van der Waals surface area (Å²) in [7, 11) is 1.58. The lowest BCUT2D eigenvalue weighted by Crippen LogP contribution is -2.32. The van der Waals surface area contributed by atoms with Crippen LogP contribution in [-0.2, 0) is 22.6 Å². The zero-order valence-electron chi connectivity index (χ0n) is 14.2. The van der Waals surface area contributed by atoms with Gasteiger partial charge in [-0.2, -0.15) is 0 Å². The summed E-state index contributed by atoms with van der Waals surface area (Å²) in [6, 6.07) is 8.32. The van der Waals surface area contributed by atoms with Gasteiger partial charge in [0, 0.05) is 26.7 Å². The summed E-state index contributed by atoms with van der Waals surface area (Å²) in [6.07, 6.45) is 2.67. The molecule has 2 rings (SSSR count). The second kappa shape index (κ2) is 12.5. The molecule has 0 aromatic heterocycles. The molecule has 1 heterocycles. The Morgan fingerprint density at radius 3 is 2.46 bits per heavy atom. The second-order valence-corrected chi connectivity index (χ2v) is 5.83. The summed E-state index contributed by atoms with van der Waals surface area (Å²) in [6.45, 7) is 4.23. The van der Waals surface area contributed by atoms with Gasteiger partial charge in [0.1, 0.15) is 0 Å². The predicted octanol–water partition coefficient (Wildman–Crippen LogP) is 2.11. The number of carbonyl (C=O) groups is 1. The number of nitrogens with zero attached hydrogens (tertiary/aromatic N) is 1. The topological polar surface area (TPSA) is 67.6 Å². The third-order valence-corrected chi connectivity index (χ3v) is 4.20. The molecular formula is C17H29Cl2N3O2. The summed E-state index contributed by atoms with van der Waals surface area (Å²) in [4.78, 5) is 14.4. The minimum absolute atomic E-state index is 0. The van der Waals surface area contributed by atoms with Crippen molar-refractivity contribution in [2.24, 2.45) is 5.73 Å². The van der Waals surface area contributed by atoms with Crippen LogP contribution < -0.4 is 11.1 Å². The van der Waals surface area contributed by atoms with Crippen molar-refractivity contribution in [3.8, 4) is 0 Å². The van der Waals surface area contributed by atoms with Crippen molar-refractivity contribution in [2.75, 3.05) is 26.7 Å². The maximum absolute atomic E-state index is 11.9. The van der Waals surface area contributed by atoms with E-state index in [4.69, 9.17) is 10.5 Å². The van der Waals surface area contributed by atoms with Gasteiger partial charge in [0.2, 0.25) is 5.91 Å². The molecule has 1 aromatic carbocycles. The first-order valence-electron chi connectivity index (χ1n) is 8.01. The van der Waals surface area contributed by atoms with Gasteiger partial charge in [0.15, 0.2) is 0 Å². The molecule has 1 unspecified atom stereocenters. The van der Waals surface area contributed by atoms with Crippen LogP contribution in [0.15, 0.2) is 24.3 Å². The average Bonchev–Trinajstić information content (AvgIpc) is 3.04. The summed E-state index contributed by atoms with van der Waals surface area (Å²) in [5.41, 5.74) is 8.03. The Morgan fingerprint density at radius 1 is 1.25 bits per heavy atom. The maximum Gasteiger partial charge on any atom is 0.222 e. The summed E-state index contributed by atoms with van der Waals surface area (Å²) in [5.74, 6) is -0.0201. The number of nitrogens with one attached hydrogen (secondary N) is 1. The molecule has 1 saturated heterocycles. The van der Waals surface area contributed by atoms with Crippen LogP contribution in [0.4, 0.5) is 0 Å². The van der Waals surface area contributed by atoms with Gasteiger partial charge in [-0.05, 0) is 37.1 Å². The number of likely N-dealkylation sites (tertiary alicyclic amines) is 1. The molecule has 5 nitrogen and oxygen atoms in total. The van der Waals surface area contributed by atoms with E-state index in [1.165, 1.54) is 37.1 Å². The number of benzene rings is 1. The lowest BCUT2D eigenvalue weighted by Gasteiger charge is -2.18. The first-order valence-corrected chi connectivity index (χ1v) is 8.01. The van der Waals surface area contributed by atoms with Gasteiger partial charge in [-0.25, -0.2) is 0 Å². The fourth-order valence-electron chi connectivity index (χ4n) is 2.80. The molecule has 1 aliphatic rings. The van der Waals surface area contributed by atoms with Crippen molar-refractivity contribution >= 4 is 30.7 Å². The monoisotopic (exact) mass is 377 g/mol. The highest BCUT2D eigenvalue weighted by molar-refractivity contribution is 5.85. The van der Waals surface area contributed by atoms with Crippen LogP contribution in [0.3, 0.4) is 0 Å². The van der Waals surface area contributed by atoms with Crippen LogP contribution in [0.1, 0.15) is 30.4 Å². The number of amides is 1. The number of carbonyl (C=O) groups excluding carboxylic acids is 1. The highest BCUT2D eigenvalue weighted by Crippen LogP contribution is 2.16. The van der Waals surface area contributed by atoms with E-state index in [0.717, 1.165) is 6.54 Å². The molecule has 1 fully saturated rings. The molecule has 138 valence electrons. The Bertz CT molecular complexity index is 479. The third kappa shape index (κ3) is 7.36. The van der Waals surface area contributed by atoms with Gasteiger partial charge in [-0.1, -0.05) is 24.3 Å². The quantitative estimate of drug-likeness (QED) is 0.727. The average molecular weight is 378 g/mol. The minimum Gasteiger partial charge on any atom is -0.380 e. The molecule has 24 heavy (non-hydrogen) atoms. The second-order valence-electron chi connectivity index (χ2n) is 5.83. The zero-order chi connectivity index (χ0) is 15.8. The molecule has 1 aromatic rings. The summed E-state index contributed by atoms with van der Waals surface area (Å²) >= 11 is 0. The number of hydrogen-bond acceptors (Lipinski definition) is 4. The van der Waals surface area contributed by atoms with E-state index in [-0.39, 0.29) is 36.8 Å². The van der Waals surface area contributed by atoms with Crippen LogP contribution in [-0.4, -0.2) is 43.7 Å². The molecule has 0 saturated carbocycles. The van der Waals surface area contributed by atoms with Gasteiger partial charge < -0.3 is 15.8 Å². The standard InChI is InChI=1S/C17H27N3O2.2ClH/c1-22-16(11-18)10-17(21)19-12-14-6-2-3-7-15(14)13-20-8-4-5-9-20;;/h2-3,6-7,16H,4-5,8-13,18H2,1H3,(H,19,21);2*1H. The molecule has 3 N–H and O–H groups in total. The SMILES string of the molecule is COC(CN)CC(=O)NCc1ccccc1CN1CCCC1.Cl.Cl. The lowest BCUT2D eigenvalue weighted by molar-refractivity contribution is -0.123. The van der Waals surface area contributed by atoms with E-state index in [0.29, 0.717) is 19.5 Å². The Kier molecular flexibility index (Phi) is 12.1. The van der Waals surface area contributed by atoms with Gasteiger partial charge in [-0.3, -0.25) is 9.69 Å². The Hall–Kier alpha value is -0.850. The van der Waals surface area contributed by atoms with E-state index in [1.807, 2.05) is 6.07 Å². The van der Waals surface area contributed by atoms with Gasteiger partial charge in [0.05, 0.1) is 12.5 Å². The molecule has 0 radical (unpaired) electrons. The van der Waals surface area contributed by atoms with Gasteiger partial charge in [0.25, 0.3) is 0 Å². The number of halogens is 2. The largest absolute Gasteiger partial charge is 0.380 e. The Labute approximate surface area is 157 Å². The molecule has 0 aliphatic carbocycles. The summed E-state index contributed by atoms with van der Waals surface area (Å²) in [5, 5.41) is 2.97. The number of methoxy groups -OCH3 is 1. The highest BCUT2D eigenvalue weighted by Gasteiger charge is 2.15. The molecule has 0 spiro atoms. The first-order chi connectivity index (χ1) is 10.7. The fraction of sp³-hybridized carbons (Fsp3) is 0.588. The van der Waals surface area contributed by atoms with Gasteiger partial charge in [-0.15, -0.1) is 24.8 Å². The van der Waals surface area contributed by atoms with Crippen molar-refractivity contribution in [2.45, 2.75) is 38.5 Å². The normalized spacial score (nSPS) is 15.2. The molecule has 1 aliphatic heterocycles. The molecule has 7 heteroatoms. The maximum atomic E-state index is 11.9. The smallest absolute Gasteiger partial charge is 0.222 e. The Morgan fingerprint density at radius 2 is 1.88 bits per heavy atom. The van der Waals surface area contributed by atoms with Crippen LogP contribution in [0.25, 0.3) is 0 Å². The fourth-order valence-corrected chi connectivity index (χ4v) is 2.80. The molecule has 0 bridgehead atoms. The number of rotatable bonds is 8. The van der Waals surface area contributed by atoms with Crippen molar-refractivity contribution in [3.63, 3.8) is 0 Å². The molecular weight excluding hydrogens is 349 g/mol. The minimum atomic E-state index is -0.208. The van der Waals surface area contributed by atoms with Crippen LogP contribution in [0, 0.1) is 0 Å². The highest BCUT2D eigenvalue weighted by atomic mass is 35.5. The van der Waals surface area contributed by atoms with Gasteiger partial charge >= 0.3 is 0 Å². The molecule has 1 atom stereocenters. The lowest BCUT2D eigenvalue weighted by atomic mass is 10.1. The van der Waals surface area contributed by atoms with E-state index in [2.05, 4.69) is 28.4 Å². The zero-order valence-corrected chi connectivity index (χ0v) is 15.8. The molecule has 1 amide bonds. The summed E-state index contributed by atoms with van der Waals surface area (Å²) < 4.78 is 5.14. The third-order valence-electron chi connectivity index (χ3n) is 4.20. The van der Waals surface area contributed by atoms with Crippen molar-refractivity contribution in [3.05, 3.63) is 35.4 Å². The van der Waals surface area contributed by atoms with E-state index < -0.39 is 0 Å². The number of ether oxygens (including phenoxy) is 1. The first kappa shape index (κ1) is 23.1. The van der Waals surface area contributed by atoms with Crippen molar-refractivity contribution in [1.29, 1.82) is 0 Å². The van der Waals surface area contributed by atoms with Crippen LogP contribution >= 0.6 is 24.8 Å². The van der Waals surface area contributed by atoms with E-state index in [1.54, 1.807) is 7.11 Å². The van der Waals surface area contributed by atoms with E-state index in [9.17, 15) is 4.79 Å². The van der Waals surface area contributed by atoms with E-state index >= 15 is 0 Å². The predicted molar refractivity (Wildman–Crippen MR) is 102 cm³/mol. The van der Waals surface area contributed by atoms with Crippen molar-refractivity contribution in [1.82, 2.24) is 10.2 Å². The Balaban J connectivity index is 0.00000264. The van der Waals surface area contributed by atoms with Crippen molar-refractivity contribution < 1.29 is 9.53 Å². The van der Waals surface area contributed by atoms with Crippen LogP contribution in [0.5, 0.6) is 0 Å². The number of hydrogen-bond donors (Lipinski definition) is 2.